The van der Waals surface area contributed by atoms with Gasteiger partial charge in [-0.05, 0) is 12.1 Å². The van der Waals surface area contributed by atoms with Gasteiger partial charge in [0.2, 0.25) is 0 Å². The number of hydrogen-bond donors (Lipinski definition) is 1. The molecule has 0 radical (unpaired) electrons. The van der Waals surface area contributed by atoms with Gasteiger partial charge >= 0.3 is 11.9 Å². The zero-order valence-corrected chi connectivity index (χ0v) is 9.54. The van der Waals surface area contributed by atoms with E-state index in [2.05, 4.69) is 14.5 Å². The number of rotatable bonds is 2. The van der Waals surface area contributed by atoms with E-state index in [1.807, 2.05) is 0 Å². The molecule has 2 N–H and O–H groups in total. The van der Waals surface area contributed by atoms with Crippen molar-refractivity contribution in [3.63, 3.8) is 0 Å². The van der Waals surface area contributed by atoms with Crippen LogP contribution in [-0.2, 0) is 9.47 Å². The van der Waals surface area contributed by atoms with Gasteiger partial charge in [-0.2, -0.15) is 0 Å². The SMILES string of the molecule is COC(=O)c1cc(N)cc(C(=O)OC)n1.Cl. The first-order chi connectivity index (χ1) is 7.08. The topological polar surface area (TPSA) is 91.5 Å². The lowest BCUT2D eigenvalue weighted by Crippen LogP contribution is -2.11. The van der Waals surface area contributed by atoms with Gasteiger partial charge in [0.25, 0.3) is 0 Å². The van der Waals surface area contributed by atoms with Gasteiger partial charge < -0.3 is 15.2 Å². The Hall–Kier alpha value is -1.82. The summed E-state index contributed by atoms with van der Waals surface area (Å²) in [6, 6.07) is 2.64. The van der Waals surface area contributed by atoms with Crippen molar-refractivity contribution in [2.75, 3.05) is 20.0 Å². The highest BCUT2D eigenvalue weighted by Gasteiger charge is 2.14. The van der Waals surface area contributed by atoms with Crippen LogP contribution in [0.2, 0.25) is 0 Å². The summed E-state index contributed by atoms with van der Waals surface area (Å²) in [5.41, 5.74) is 5.67. The van der Waals surface area contributed by atoms with Crippen LogP contribution in [0.25, 0.3) is 0 Å². The molecule has 0 aliphatic heterocycles. The third-order valence-corrected chi connectivity index (χ3v) is 1.64. The first-order valence-electron chi connectivity index (χ1n) is 4.02. The Labute approximate surface area is 98.2 Å². The van der Waals surface area contributed by atoms with E-state index in [4.69, 9.17) is 5.73 Å². The molecule has 0 saturated carbocycles. The van der Waals surface area contributed by atoms with E-state index in [-0.39, 0.29) is 29.5 Å². The van der Waals surface area contributed by atoms with Crippen molar-refractivity contribution in [3.8, 4) is 0 Å². The zero-order chi connectivity index (χ0) is 11.4. The van der Waals surface area contributed by atoms with Gasteiger partial charge in [0.15, 0.2) is 11.4 Å². The molecule has 0 spiro atoms. The monoisotopic (exact) mass is 246 g/mol. The molecule has 16 heavy (non-hydrogen) atoms. The van der Waals surface area contributed by atoms with E-state index in [0.29, 0.717) is 0 Å². The van der Waals surface area contributed by atoms with Gasteiger partial charge in [-0.25, -0.2) is 14.6 Å². The summed E-state index contributed by atoms with van der Waals surface area (Å²) in [6.07, 6.45) is 0. The maximum atomic E-state index is 11.1. The minimum Gasteiger partial charge on any atom is -0.464 e. The minimum atomic E-state index is -0.660. The van der Waals surface area contributed by atoms with Gasteiger partial charge in [-0.15, -0.1) is 12.4 Å². The van der Waals surface area contributed by atoms with Crippen molar-refractivity contribution in [1.82, 2.24) is 4.98 Å². The Morgan fingerprint density at radius 2 is 1.50 bits per heavy atom. The average molecular weight is 247 g/mol. The number of aromatic nitrogens is 1. The van der Waals surface area contributed by atoms with Crippen LogP contribution in [0.5, 0.6) is 0 Å². The van der Waals surface area contributed by atoms with E-state index in [0.717, 1.165) is 0 Å². The van der Waals surface area contributed by atoms with Crippen molar-refractivity contribution in [3.05, 3.63) is 23.5 Å². The molecule has 0 bridgehead atoms. The number of hydrogen-bond acceptors (Lipinski definition) is 6. The highest BCUT2D eigenvalue weighted by molar-refractivity contribution is 5.93. The standard InChI is InChI=1S/C9H10N2O4.ClH/c1-14-8(12)6-3-5(10)4-7(11-6)9(13)15-2;/h3-4H,1-2H3,(H2,10,11);1H. The number of nitrogens with zero attached hydrogens (tertiary/aromatic N) is 1. The van der Waals surface area contributed by atoms with Crippen molar-refractivity contribution in [2.24, 2.45) is 0 Å². The smallest absolute Gasteiger partial charge is 0.356 e. The van der Waals surface area contributed by atoms with Crippen LogP contribution < -0.4 is 5.73 Å². The summed E-state index contributed by atoms with van der Waals surface area (Å²) < 4.78 is 8.90. The number of methoxy groups -OCH3 is 2. The van der Waals surface area contributed by atoms with Crippen LogP contribution in [-0.4, -0.2) is 31.1 Å². The molecule has 0 amide bonds. The first kappa shape index (κ1) is 14.2. The van der Waals surface area contributed by atoms with Gasteiger partial charge in [-0.1, -0.05) is 0 Å². The molecule has 88 valence electrons. The molecule has 0 aliphatic carbocycles. The van der Waals surface area contributed by atoms with E-state index >= 15 is 0 Å². The van der Waals surface area contributed by atoms with Crippen LogP contribution in [0.15, 0.2) is 12.1 Å². The number of anilines is 1. The van der Waals surface area contributed by atoms with Crippen molar-refractivity contribution in [2.45, 2.75) is 0 Å². The molecule has 0 fully saturated rings. The molecule has 0 aliphatic rings. The van der Waals surface area contributed by atoms with E-state index < -0.39 is 11.9 Å². The fourth-order valence-electron chi connectivity index (χ4n) is 0.970. The molecule has 1 aromatic heterocycles. The molecular formula is C9H11ClN2O4. The molecular weight excluding hydrogens is 236 g/mol. The molecule has 0 unspecified atom stereocenters. The first-order valence-corrected chi connectivity index (χ1v) is 4.02. The van der Waals surface area contributed by atoms with Crippen LogP contribution in [0.4, 0.5) is 5.69 Å². The highest BCUT2D eigenvalue weighted by Crippen LogP contribution is 2.09. The Morgan fingerprint density at radius 1 is 1.12 bits per heavy atom. The minimum absolute atomic E-state index is 0. The predicted molar refractivity (Wildman–Crippen MR) is 58.6 cm³/mol. The lowest BCUT2D eigenvalue weighted by molar-refractivity contribution is 0.0586. The van der Waals surface area contributed by atoms with Crippen LogP contribution in [0.3, 0.4) is 0 Å². The number of carbonyl (C=O) groups excluding carboxylic acids is 2. The van der Waals surface area contributed by atoms with Crippen molar-refractivity contribution in [1.29, 1.82) is 0 Å². The lowest BCUT2D eigenvalue weighted by atomic mass is 10.2. The number of halogens is 1. The molecule has 7 heteroatoms. The summed E-state index contributed by atoms with van der Waals surface area (Å²) >= 11 is 0. The third-order valence-electron chi connectivity index (χ3n) is 1.64. The quantitative estimate of drug-likeness (QED) is 0.771. The zero-order valence-electron chi connectivity index (χ0n) is 8.72. The van der Waals surface area contributed by atoms with Crippen molar-refractivity contribution < 1.29 is 19.1 Å². The maximum absolute atomic E-state index is 11.1. The molecule has 6 nitrogen and oxygen atoms in total. The third kappa shape index (κ3) is 3.09. The van der Waals surface area contributed by atoms with E-state index in [1.54, 1.807) is 0 Å². The molecule has 1 aromatic rings. The van der Waals surface area contributed by atoms with Gasteiger partial charge in [0.1, 0.15) is 0 Å². The second kappa shape index (κ2) is 5.92. The molecule has 1 rings (SSSR count). The largest absolute Gasteiger partial charge is 0.464 e. The second-order valence-corrected chi connectivity index (χ2v) is 2.65. The van der Waals surface area contributed by atoms with Gasteiger partial charge in [0.05, 0.1) is 14.2 Å². The molecule has 0 saturated heterocycles. The summed E-state index contributed by atoms with van der Waals surface area (Å²) in [5, 5.41) is 0. The molecule has 0 atom stereocenters. The van der Waals surface area contributed by atoms with Crippen LogP contribution in [0, 0.1) is 0 Å². The average Bonchev–Trinajstić information content (AvgIpc) is 2.26. The van der Waals surface area contributed by atoms with Crippen LogP contribution in [0.1, 0.15) is 21.0 Å². The number of pyridine rings is 1. The number of nitrogen functional groups attached to an aromatic ring is 1. The lowest BCUT2D eigenvalue weighted by Gasteiger charge is -2.03. The summed E-state index contributed by atoms with van der Waals surface area (Å²) in [6.45, 7) is 0. The number of ether oxygens (including phenoxy) is 2. The number of nitrogens with two attached hydrogens (primary N) is 1. The Bertz CT molecular complexity index is 374. The Balaban J connectivity index is 0.00000225. The fourth-order valence-corrected chi connectivity index (χ4v) is 0.970. The van der Waals surface area contributed by atoms with Crippen molar-refractivity contribution >= 4 is 30.0 Å². The van der Waals surface area contributed by atoms with Gasteiger partial charge in [-0.3, -0.25) is 0 Å². The van der Waals surface area contributed by atoms with E-state index in [1.165, 1.54) is 26.4 Å². The molecule has 1 heterocycles. The number of esters is 2. The highest BCUT2D eigenvalue weighted by atomic mass is 35.5. The van der Waals surface area contributed by atoms with Crippen LogP contribution >= 0.6 is 12.4 Å². The predicted octanol–water partition coefficient (Wildman–Crippen LogP) is 0.659. The fraction of sp³-hybridized carbons (Fsp3) is 0.222. The van der Waals surface area contributed by atoms with E-state index in [9.17, 15) is 9.59 Å². The Morgan fingerprint density at radius 3 is 1.81 bits per heavy atom. The summed E-state index contributed by atoms with van der Waals surface area (Å²) in [4.78, 5) is 26.0. The Kier molecular flexibility index (Phi) is 5.24. The normalized spacial score (nSPS) is 8.88. The summed E-state index contributed by atoms with van der Waals surface area (Å²) in [7, 11) is 2.43. The molecule has 0 aromatic carbocycles. The number of carbonyl (C=O) groups is 2. The summed E-state index contributed by atoms with van der Waals surface area (Å²) in [5.74, 6) is -1.32. The van der Waals surface area contributed by atoms with Gasteiger partial charge in [0, 0.05) is 5.69 Å². The second-order valence-electron chi connectivity index (χ2n) is 2.65. The maximum Gasteiger partial charge on any atom is 0.356 e.